The van der Waals surface area contributed by atoms with Crippen LogP contribution in [0.25, 0.3) is 0 Å². The minimum absolute atomic E-state index is 0.212. The third-order valence-electron chi connectivity index (χ3n) is 3.33. The van der Waals surface area contributed by atoms with Gasteiger partial charge < -0.3 is 4.74 Å². The Morgan fingerprint density at radius 3 is 2.48 bits per heavy atom. The molecular weight excluding hydrogens is 290 g/mol. The van der Waals surface area contributed by atoms with Gasteiger partial charge in [0.2, 0.25) is 10.0 Å². The van der Waals surface area contributed by atoms with Crippen LogP contribution in [0, 0.1) is 6.92 Å². The van der Waals surface area contributed by atoms with Crippen LogP contribution in [0.1, 0.15) is 18.2 Å². The molecule has 2 rings (SSSR count). The topological polar surface area (TPSA) is 73.2 Å². The first-order valence-electron chi connectivity index (χ1n) is 6.63. The fourth-order valence-corrected chi connectivity index (χ4v) is 3.00. The monoisotopic (exact) mass is 309 g/mol. The fraction of sp³-hybridized carbons (Fsp3) is 0.357. The van der Waals surface area contributed by atoms with E-state index in [1.807, 2.05) is 18.5 Å². The second kappa shape index (κ2) is 6.28. The largest absolute Gasteiger partial charge is 0.497 e. The van der Waals surface area contributed by atoms with Crippen molar-refractivity contribution in [3.8, 4) is 5.75 Å². The molecule has 0 amide bonds. The molecule has 21 heavy (non-hydrogen) atoms. The molecule has 2 aromatic rings. The number of hydrogen-bond acceptors (Lipinski definition) is 4. The summed E-state index contributed by atoms with van der Waals surface area (Å²) in [7, 11) is -2.00. The van der Waals surface area contributed by atoms with Crippen LogP contribution < -0.4 is 9.46 Å². The van der Waals surface area contributed by atoms with Gasteiger partial charge in [-0.3, -0.25) is 4.68 Å². The lowest BCUT2D eigenvalue weighted by molar-refractivity contribution is 0.414. The van der Waals surface area contributed by atoms with Gasteiger partial charge in [-0.2, -0.15) is 5.10 Å². The van der Waals surface area contributed by atoms with Crippen molar-refractivity contribution in [3.63, 3.8) is 0 Å². The number of aryl methyl sites for hydroxylation is 1. The maximum absolute atomic E-state index is 12.2. The van der Waals surface area contributed by atoms with Gasteiger partial charge in [0.25, 0.3) is 0 Å². The fourth-order valence-electron chi connectivity index (χ4n) is 1.99. The average Bonchev–Trinajstić information content (AvgIpc) is 2.85. The summed E-state index contributed by atoms with van der Waals surface area (Å²) in [6.07, 6.45) is 1.69. The Labute approximate surface area is 124 Å². The van der Waals surface area contributed by atoms with Crippen LogP contribution in [0.5, 0.6) is 5.75 Å². The molecule has 0 saturated heterocycles. The highest BCUT2D eigenvalue weighted by molar-refractivity contribution is 7.89. The molecule has 0 fully saturated rings. The molecule has 0 spiro atoms. The summed E-state index contributed by atoms with van der Waals surface area (Å²) >= 11 is 0. The molecule has 0 unspecified atom stereocenters. The lowest BCUT2D eigenvalue weighted by Gasteiger charge is -2.07. The lowest BCUT2D eigenvalue weighted by atomic mass is 10.3. The molecule has 0 atom stereocenters. The number of nitrogens with one attached hydrogen (secondary N) is 1. The number of benzene rings is 1. The molecule has 0 aliphatic rings. The number of methoxy groups -OCH3 is 1. The van der Waals surface area contributed by atoms with Crippen LogP contribution in [0.3, 0.4) is 0 Å². The zero-order chi connectivity index (χ0) is 15.5. The predicted molar refractivity (Wildman–Crippen MR) is 79.7 cm³/mol. The summed E-state index contributed by atoms with van der Waals surface area (Å²) in [4.78, 5) is 0.212. The van der Waals surface area contributed by atoms with Gasteiger partial charge in [0.1, 0.15) is 5.75 Å². The molecule has 0 saturated carbocycles. The molecule has 1 aromatic heterocycles. The Bertz CT molecular complexity index is 706. The van der Waals surface area contributed by atoms with Crippen LogP contribution in [0.4, 0.5) is 0 Å². The highest BCUT2D eigenvalue weighted by atomic mass is 32.2. The number of ether oxygens (including phenoxy) is 1. The third kappa shape index (κ3) is 3.43. The molecule has 114 valence electrons. The Balaban J connectivity index is 2.11. The SMILES string of the molecule is CCn1ncc(CNS(=O)(=O)c2ccc(OC)cc2)c1C. The van der Waals surface area contributed by atoms with Crippen molar-refractivity contribution in [2.45, 2.75) is 31.8 Å². The van der Waals surface area contributed by atoms with Gasteiger partial charge in [-0.15, -0.1) is 0 Å². The van der Waals surface area contributed by atoms with Crippen molar-refractivity contribution in [2.75, 3.05) is 7.11 Å². The van der Waals surface area contributed by atoms with E-state index in [2.05, 4.69) is 9.82 Å². The third-order valence-corrected chi connectivity index (χ3v) is 4.74. The van der Waals surface area contributed by atoms with Crippen LogP contribution in [-0.2, 0) is 23.1 Å². The van der Waals surface area contributed by atoms with E-state index in [0.717, 1.165) is 17.8 Å². The Hall–Kier alpha value is -1.86. The van der Waals surface area contributed by atoms with Gasteiger partial charge >= 0.3 is 0 Å². The quantitative estimate of drug-likeness (QED) is 0.881. The van der Waals surface area contributed by atoms with Gasteiger partial charge in [0.05, 0.1) is 18.2 Å². The molecule has 1 heterocycles. The molecule has 6 nitrogen and oxygen atoms in total. The van der Waals surface area contributed by atoms with E-state index in [-0.39, 0.29) is 11.4 Å². The molecule has 0 aliphatic heterocycles. The van der Waals surface area contributed by atoms with E-state index in [0.29, 0.717) is 5.75 Å². The van der Waals surface area contributed by atoms with E-state index in [9.17, 15) is 8.42 Å². The first kappa shape index (κ1) is 15.5. The van der Waals surface area contributed by atoms with Gasteiger partial charge in [-0.25, -0.2) is 13.1 Å². The van der Waals surface area contributed by atoms with Gasteiger partial charge in [-0.1, -0.05) is 0 Å². The predicted octanol–water partition coefficient (Wildman–Crippen LogP) is 1.70. The van der Waals surface area contributed by atoms with E-state index in [1.54, 1.807) is 18.3 Å². The Morgan fingerprint density at radius 2 is 1.95 bits per heavy atom. The van der Waals surface area contributed by atoms with Gasteiger partial charge in [0.15, 0.2) is 0 Å². The average molecular weight is 309 g/mol. The van der Waals surface area contributed by atoms with E-state index in [4.69, 9.17) is 4.74 Å². The first-order chi connectivity index (χ1) is 9.97. The molecular formula is C14H19N3O3S. The second-order valence-electron chi connectivity index (χ2n) is 4.57. The zero-order valence-corrected chi connectivity index (χ0v) is 13.1. The van der Waals surface area contributed by atoms with Crippen LogP contribution in [0.2, 0.25) is 0 Å². The van der Waals surface area contributed by atoms with E-state index >= 15 is 0 Å². The van der Waals surface area contributed by atoms with Crippen LogP contribution in [-0.4, -0.2) is 25.3 Å². The maximum atomic E-state index is 12.2. The molecule has 1 N–H and O–H groups in total. The summed E-state index contributed by atoms with van der Waals surface area (Å²) in [5, 5.41) is 4.20. The van der Waals surface area contributed by atoms with Gasteiger partial charge in [0, 0.05) is 24.3 Å². The highest BCUT2D eigenvalue weighted by Gasteiger charge is 2.15. The number of nitrogens with zero attached hydrogens (tertiary/aromatic N) is 2. The van der Waals surface area contributed by atoms with Crippen LogP contribution >= 0.6 is 0 Å². The summed E-state index contributed by atoms with van der Waals surface area (Å²) in [5.74, 6) is 0.619. The maximum Gasteiger partial charge on any atom is 0.240 e. The summed E-state index contributed by atoms with van der Waals surface area (Å²) in [6.45, 7) is 4.90. The zero-order valence-electron chi connectivity index (χ0n) is 12.3. The number of rotatable bonds is 6. The summed E-state index contributed by atoms with van der Waals surface area (Å²) in [6, 6.07) is 6.27. The highest BCUT2D eigenvalue weighted by Crippen LogP contribution is 2.16. The molecule has 0 radical (unpaired) electrons. The normalized spacial score (nSPS) is 11.6. The Morgan fingerprint density at radius 1 is 1.29 bits per heavy atom. The number of hydrogen-bond donors (Lipinski definition) is 1. The first-order valence-corrected chi connectivity index (χ1v) is 8.11. The standard InChI is InChI=1S/C14H19N3O3S/c1-4-17-11(2)12(9-15-17)10-16-21(18,19)14-7-5-13(20-3)6-8-14/h5-9,16H,4,10H2,1-3H3. The Kier molecular flexibility index (Phi) is 4.64. The van der Waals surface area contributed by atoms with E-state index < -0.39 is 10.0 Å². The van der Waals surface area contributed by atoms with Crippen molar-refractivity contribution >= 4 is 10.0 Å². The second-order valence-corrected chi connectivity index (χ2v) is 6.34. The van der Waals surface area contributed by atoms with Gasteiger partial charge in [-0.05, 0) is 38.1 Å². The number of aromatic nitrogens is 2. The smallest absolute Gasteiger partial charge is 0.240 e. The molecule has 7 heteroatoms. The van der Waals surface area contributed by atoms with Crippen molar-refractivity contribution in [1.29, 1.82) is 0 Å². The summed E-state index contributed by atoms with van der Waals surface area (Å²) in [5.41, 5.74) is 1.84. The number of sulfonamides is 1. The van der Waals surface area contributed by atoms with Crippen molar-refractivity contribution in [3.05, 3.63) is 41.7 Å². The van der Waals surface area contributed by atoms with Crippen molar-refractivity contribution in [2.24, 2.45) is 0 Å². The van der Waals surface area contributed by atoms with E-state index in [1.165, 1.54) is 19.2 Å². The van der Waals surface area contributed by atoms with Crippen molar-refractivity contribution < 1.29 is 13.2 Å². The lowest BCUT2D eigenvalue weighted by Crippen LogP contribution is -2.23. The molecule has 0 bridgehead atoms. The minimum Gasteiger partial charge on any atom is -0.497 e. The minimum atomic E-state index is -3.54. The molecule has 0 aliphatic carbocycles. The van der Waals surface area contributed by atoms with Crippen LogP contribution in [0.15, 0.2) is 35.4 Å². The van der Waals surface area contributed by atoms with Crippen molar-refractivity contribution in [1.82, 2.24) is 14.5 Å². The molecule has 1 aromatic carbocycles. The summed E-state index contributed by atoms with van der Waals surface area (Å²) < 4.78 is 33.9.